The van der Waals surface area contributed by atoms with E-state index in [1.54, 1.807) is 18.2 Å². The minimum atomic E-state index is -3.61. The third-order valence-corrected chi connectivity index (χ3v) is 8.56. The Morgan fingerprint density at radius 1 is 1.09 bits per heavy atom. The summed E-state index contributed by atoms with van der Waals surface area (Å²) in [6, 6.07) is 9.15. The number of halogens is 1. The van der Waals surface area contributed by atoms with Gasteiger partial charge >= 0.3 is 0 Å². The third-order valence-electron chi connectivity index (χ3n) is 6.68. The molecule has 0 saturated carbocycles. The summed E-state index contributed by atoms with van der Waals surface area (Å²) in [7, 11) is -3.61. The highest BCUT2D eigenvalue weighted by molar-refractivity contribution is 7.89. The summed E-state index contributed by atoms with van der Waals surface area (Å²) in [5.41, 5.74) is 0.539. The molecule has 2 aromatic heterocycles. The molecular weight excluding hydrogens is 473 g/mol. The van der Waals surface area contributed by atoms with Crippen molar-refractivity contribution in [2.24, 2.45) is 5.92 Å². The maximum Gasteiger partial charge on any atom is 0.244 e. The second-order valence-corrected chi connectivity index (χ2v) is 10.9. The van der Waals surface area contributed by atoms with Gasteiger partial charge in [-0.15, -0.1) is 0 Å². The van der Waals surface area contributed by atoms with Crippen molar-refractivity contribution in [2.45, 2.75) is 36.5 Å². The van der Waals surface area contributed by atoms with E-state index < -0.39 is 10.0 Å². The van der Waals surface area contributed by atoms with Crippen LogP contribution >= 0.6 is 0 Å². The van der Waals surface area contributed by atoms with Gasteiger partial charge in [-0.2, -0.15) is 9.29 Å². The zero-order chi connectivity index (χ0) is 24.4. The lowest BCUT2D eigenvalue weighted by molar-refractivity contribution is -0.138. The monoisotopic (exact) mass is 499 g/mol. The van der Waals surface area contributed by atoms with Crippen LogP contribution in [0.3, 0.4) is 0 Å². The lowest BCUT2D eigenvalue weighted by Crippen LogP contribution is -2.46. The predicted molar refractivity (Wildman–Crippen MR) is 124 cm³/mol. The number of benzene rings is 1. The van der Waals surface area contributed by atoms with Gasteiger partial charge in [0.25, 0.3) is 0 Å². The number of hydrogen-bond donors (Lipinski definition) is 0. The van der Waals surface area contributed by atoms with Gasteiger partial charge in [0, 0.05) is 50.1 Å². The second-order valence-electron chi connectivity index (χ2n) is 8.96. The zero-order valence-corrected chi connectivity index (χ0v) is 19.9. The summed E-state index contributed by atoms with van der Waals surface area (Å²) in [4.78, 5) is 23.6. The minimum Gasteiger partial charge on any atom is -0.342 e. The number of pyridine rings is 1. The molecule has 35 heavy (non-hydrogen) atoms. The van der Waals surface area contributed by atoms with Crippen molar-refractivity contribution in [2.75, 3.05) is 26.2 Å². The first-order valence-corrected chi connectivity index (χ1v) is 13.1. The number of hydrogen-bond acceptors (Lipinski definition) is 7. The number of rotatable bonds is 5. The van der Waals surface area contributed by atoms with Gasteiger partial charge in [-0.05, 0) is 49.9 Å². The van der Waals surface area contributed by atoms with Crippen LogP contribution < -0.4 is 0 Å². The second kappa shape index (κ2) is 9.82. The molecule has 2 fully saturated rings. The van der Waals surface area contributed by atoms with Crippen LogP contribution in [0.4, 0.5) is 4.39 Å². The molecule has 1 unspecified atom stereocenters. The van der Waals surface area contributed by atoms with E-state index in [1.165, 1.54) is 34.9 Å². The topological polar surface area (TPSA) is 110 Å². The summed E-state index contributed by atoms with van der Waals surface area (Å²) < 4.78 is 46.1. The molecule has 4 heterocycles. The molecule has 1 aromatic carbocycles. The Morgan fingerprint density at radius 2 is 1.91 bits per heavy atom. The van der Waals surface area contributed by atoms with Crippen LogP contribution in [0.1, 0.15) is 37.5 Å². The molecule has 5 rings (SSSR count). The number of carbonyl (C=O) groups excluding carboxylic acids is 1. The van der Waals surface area contributed by atoms with E-state index in [9.17, 15) is 17.6 Å². The number of carbonyl (C=O) groups is 1. The molecule has 2 aliphatic rings. The van der Waals surface area contributed by atoms with Crippen LogP contribution in [0.15, 0.2) is 58.2 Å². The lowest BCUT2D eigenvalue weighted by Gasteiger charge is -2.36. The number of piperidine rings is 2. The maximum atomic E-state index is 13.5. The van der Waals surface area contributed by atoms with E-state index in [0.717, 1.165) is 12.8 Å². The van der Waals surface area contributed by atoms with Crippen molar-refractivity contribution >= 4 is 15.9 Å². The van der Waals surface area contributed by atoms with Crippen molar-refractivity contribution < 1.29 is 22.1 Å². The first-order chi connectivity index (χ1) is 16.9. The number of nitrogens with zero attached hydrogens (tertiary/aromatic N) is 5. The summed E-state index contributed by atoms with van der Waals surface area (Å²) in [6.45, 7) is 1.71. The Bertz CT molecular complexity index is 1290. The fourth-order valence-electron chi connectivity index (χ4n) is 4.77. The molecule has 3 aromatic rings. The van der Waals surface area contributed by atoms with E-state index in [2.05, 4.69) is 15.1 Å². The summed E-state index contributed by atoms with van der Waals surface area (Å²) in [5.74, 6) is 0.123. The van der Waals surface area contributed by atoms with Crippen LogP contribution in [-0.4, -0.2) is 64.8 Å². The first kappa shape index (κ1) is 23.6. The van der Waals surface area contributed by atoms with Gasteiger partial charge in [0.15, 0.2) is 0 Å². The van der Waals surface area contributed by atoms with E-state index in [0.29, 0.717) is 56.3 Å². The normalized spacial score (nSPS) is 20.1. The molecule has 184 valence electrons. The van der Waals surface area contributed by atoms with Crippen LogP contribution in [0.25, 0.3) is 11.4 Å². The number of likely N-dealkylation sites (tertiary alicyclic amines) is 1. The SMILES string of the molecule is O=C(C1CCN(S(=O)(=O)c2cccnc2)CC1)N1CCCC(c2nc(-c3cccc(F)c3)no2)C1. The van der Waals surface area contributed by atoms with Crippen molar-refractivity contribution in [3.05, 3.63) is 60.5 Å². The highest BCUT2D eigenvalue weighted by Gasteiger charge is 2.36. The highest BCUT2D eigenvalue weighted by Crippen LogP contribution is 2.31. The Balaban J connectivity index is 1.20. The molecule has 0 bridgehead atoms. The first-order valence-electron chi connectivity index (χ1n) is 11.7. The molecule has 9 nitrogen and oxygen atoms in total. The van der Waals surface area contributed by atoms with E-state index in [-0.39, 0.29) is 28.5 Å². The summed E-state index contributed by atoms with van der Waals surface area (Å²) >= 11 is 0. The van der Waals surface area contributed by atoms with Crippen LogP contribution in [0, 0.1) is 11.7 Å². The zero-order valence-electron chi connectivity index (χ0n) is 19.1. The van der Waals surface area contributed by atoms with Crippen molar-refractivity contribution in [3.63, 3.8) is 0 Å². The smallest absolute Gasteiger partial charge is 0.244 e. The van der Waals surface area contributed by atoms with Gasteiger partial charge in [0.1, 0.15) is 10.7 Å². The molecule has 2 saturated heterocycles. The molecule has 0 N–H and O–H groups in total. The lowest BCUT2D eigenvalue weighted by atomic mass is 9.93. The molecule has 0 radical (unpaired) electrons. The fourth-order valence-corrected chi connectivity index (χ4v) is 6.21. The molecule has 0 spiro atoms. The van der Waals surface area contributed by atoms with Gasteiger partial charge in [-0.25, -0.2) is 12.8 Å². The Labute approximate surface area is 203 Å². The Hall–Kier alpha value is -3.18. The predicted octanol–water partition coefficient (Wildman–Crippen LogP) is 3.08. The van der Waals surface area contributed by atoms with Gasteiger partial charge in [-0.1, -0.05) is 17.3 Å². The fraction of sp³-hybridized carbons (Fsp3) is 0.417. The van der Waals surface area contributed by atoms with Crippen LogP contribution in [0.5, 0.6) is 0 Å². The minimum absolute atomic E-state index is 0.0398. The van der Waals surface area contributed by atoms with E-state index in [4.69, 9.17) is 4.52 Å². The summed E-state index contributed by atoms with van der Waals surface area (Å²) in [6.07, 6.45) is 5.45. The molecule has 0 aliphatic carbocycles. The molecule has 11 heteroatoms. The Kier molecular flexibility index (Phi) is 6.61. The van der Waals surface area contributed by atoms with E-state index >= 15 is 0 Å². The quantitative estimate of drug-likeness (QED) is 0.531. The Morgan fingerprint density at radius 3 is 2.66 bits per heavy atom. The average molecular weight is 500 g/mol. The third kappa shape index (κ3) is 4.96. The number of amides is 1. The van der Waals surface area contributed by atoms with Crippen LogP contribution in [-0.2, 0) is 14.8 Å². The van der Waals surface area contributed by atoms with Gasteiger partial charge in [0.2, 0.25) is 27.6 Å². The highest BCUT2D eigenvalue weighted by atomic mass is 32.2. The summed E-state index contributed by atoms with van der Waals surface area (Å²) in [5, 5.41) is 4.00. The van der Waals surface area contributed by atoms with Crippen molar-refractivity contribution in [1.29, 1.82) is 0 Å². The van der Waals surface area contributed by atoms with Gasteiger partial charge < -0.3 is 9.42 Å². The molecule has 1 amide bonds. The van der Waals surface area contributed by atoms with Crippen molar-refractivity contribution in [1.82, 2.24) is 24.3 Å². The molecule has 1 atom stereocenters. The van der Waals surface area contributed by atoms with Gasteiger partial charge in [-0.3, -0.25) is 9.78 Å². The average Bonchev–Trinajstić information content (AvgIpc) is 3.40. The maximum absolute atomic E-state index is 13.5. The standard InChI is InChI=1S/C24H26FN5O4S/c25-20-6-1-4-18(14-20)22-27-23(34-28-22)19-5-3-11-29(16-19)24(31)17-8-12-30(13-9-17)35(32,33)21-7-2-10-26-15-21/h1-2,4,6-7,10,14-15,17,19H,3,5,8-9,11-13,16H2. The largest absolute Gasteiger partial charge is 0.342 e. The molecule has 2 aliphatic heterocycles. The number of sulfonamides is 1. The molecular formula is C24H26FN5O4S. The number of aromatic nitrogens is 3. The van der Waals surface area contributed by atoms with Gasteiger partial charge in [0.05, 0.1) is 5.92 Å². The van der Waals surface area contributed by atoms with E-state index in [1.807, 2.05) is 4.90 Å². The van der Waals surface area contributed by atoms with Crippen LogP contribution in [0.2, 0.25) is 0 Å². The van der Waals surface area contributed by atoms with Crippen molar-refractivity contribution in [3.8, 4) is 11.4 Å².